The fraction of sp³-hybridized carbons (Fsp3) is 1.00. The van der Waals surface area contributed by atoms with Crippen molar-refractivity contribution in [3.63, 3.8) is 0 Å². The summed E-state index contributed by atoms with van der Waals surface area (Å²) in [5.41, 5.74) is 0. The van der Waals surface area contributed by atoms with Gasteiger partial charge in [-0.1, -0.05) is 13.3 Å². The first-order valence-electron chi connectivity index (χ1n) is 13.5. The monoisotopic (exact) mass is 536 g/mol. The van der Waals surface area contributed by atoms with Crippen LogP contribution in [0.5, 0.6) is 0 Å². The van der Waals surface area contributed by atoms with Gasteiger partial charge in [-0.15, -0.1) is 0 Å². The highest BCUT2D eigenvalue weighted by Gasteiger charge is 2.51. The molecule has 0 aromatic rings. The molecule has 37 heavy (non-hydrogen) atoms. The molecule has 4 aliphatic rings. The summed E-state index contributed by atoms with van der Waals surface area (Å²) in [7, 11) is 1.59. The van der Waals surface area contributed by atoms with Gasteiger partial charge in [0, 0.05) is 13.7 Å². The van der Waals surface area contributed by atoms with E-state index in [1.165, 1.54) is 0 Å². The molecular weight excluding hydrogens is 492 g/mol. The smallest absolute Gasteiger partial charge is 0.187 e. The zero-order valence-corrected chi connectivity index (χ0v) is 21.8. The largest absolute Gasteiger partial charge is 0.394 e. The number of rotatable bonds is 7. The standard InChI is InChI=1S/C25H44O12/c1-12-6-4-8-15(21(12)37-24-20(30)19(29)17(27)13(2)33-24)35-25-23-22(18(28)16(10-26)36-25)34-14(11-31-3)7-5-9-32-23/h12-30H,4-11H2,1-3H3/t12-,13?,14-,15-,16?,17-,18+,19?,20+,21?,22?,23?,24+,25-/m1/s1. The van der Waals surface area contributed by atoms with E-state index < -0.39 is 80.2 Å². The predicted octanol–water partition coefficient (Wildman–Crippen LogP) is -0.938. The lowest BCUT2D eigenvalue weighted by atomic mass is 9.85. The summed E-state index contributed by atoms with van der Waals surface area (Å²) in [6.07, 6.45) is -7.89. The van der Waals surface area contributed by atoms with Crippen molar-refractivity contribution in [1.29, 1.82) is 0 Å². The number of methoxy groups -OCH3 is 1. The number of hydrogen-bond donors (Lipinski definition) is 5. The average Bonchev–Trinajstić information content (AvgIpc) is 2.86. The van der Waals surface area contributed by atoms with E-state index in [0.717, 1.165) is 19.3 Å². The summed E-state index contributed by atoms with van der Waals surface area (Å²) >= 11 is 0. The molecule has 12 nitrogen and oxygen atoms in total. The van der Waals surface area contributed by atoms with E-state index in [-0.39, 0.29) is 12.0 Å². The Bertz CT molecular complexity index is 699. The lowest BCUT2D eigenvalue weighted by Crippen LogP contribution is -2.63. The molecule has 0 aromatic carbocycles. The van der Waals surface area contributed by atoms with E-state index in [1.54, 1.807) is 14.0 Å². The molecule has 0 spiro atoms. The molecule has 12 heteroatoms. The SMILES string of the molecule is COC[C@H]1CCCOC2C(O1)[C@@H](O)C(CO)O[C@H]2O[C@@H]1CCC[C@@H](C)C1O[C@@H]1OC(C)[C@@H](O)C(O)[C@@H]1O. The van der Waals surface area contributed by atoms with Gasteiger partial charge in [0.25, 0.3) is 0 Å². The Labute approximate surface area is 217 Å². The fourth-order valence-corrected chi connectivity index (χ4v) is 5.77. The van der Waals surface area contributed by atoms with Crippen LogP contribution in [-0.4, -0.2) is 132 Å². The zero-order chi connectivity index (χ0) is 26.7. The second-order valence-corrected chi connectivity index (χ2v) is 10.7. The summed E-state index contributed by atoms with van der Waals surface area (Å²) in [6.45, 7) is 3.98. The Morgan fingerprint density at radius 2 is 1.57 bits per heavy atom. The van der Waals surface area contributed by atoms with Crippen molar-refractivity contribution in [2.75, 3.05) is 26.9 Å². The first kappa shape index (κ1) is 29.5. The summed E-state index contributed by atoms with van der Waals surface area (Å²) < 4.78 is 41.9. The molecule has 14 atom stereocenters. The first-order chi connectivity index (χ1) is 17.7. The van der Waals surface area contributed by atoms with E-state index in [2.05, 4.69) is 0 Å². The van der Waals surface area contributed by atoms with Crippen molar-refractivity contribution in [2.24, 2.45) is 5.92 Å². The average molecular weight is 537 g/mol. The van der Waals surface area contributed by atoms with Crippen molar-refractivity contribution in [2.45, 2.75) is 126 Å². The van der Waals surface area contributed by atoms with Crippen LogP contribution in [0.4, 0.5) is 0 Å². The molecule has 5 N–H and O–H groups in total. The van der Waals surface area contributed by atoms with Crippen molar-refractivity contribution >= 4 is 0 Å². The molecule has 0 amide bonds. The molecule has 3 saturated heterocycles. The van der Waals surface area contributed by atoms with Crippen LogP contribution >= 0.6 is 0 Å². The minimum atomic E-state index is -1.43. The van der Waals surface area contributed by atoms with Crippen LogP contribution in [0.2, 0.25) is 0 Å². The van der Waals surface area contributed by atoms with E-state index in [0.29, 0.717) is 26.1 Å². The van der Waals surface area contributed by atoms with Gasteiger partial charge in [-0.25, -0.2) is 0 Å². The quantitative estimate of drug-likeness (QED) is 0.272. The molecule has 4 fully saturated rings. The van der Waals surface area contributed by atoms with Gasteiger partial charge in [0.05, 0.1) is 37.6 Å². The van der Waals surface area contributed by atoms with Crippen LogP contribution in [0, 0.1) is 5.92 Å². The molecule has 4 rings (SSSR count). The number of ether oxygens (including phenoxy) is 7. The fourth-order valence-electron chi connectivity index (χ4n) is 5.77. The minimum Gasteiger partial charge on any atom is -0.394 e. The lowest BCUT2D eigenvalue weighted by molar-refractivity contribution is -0.355. The van der Waals surface area contributed by atoms with E-state index in [1.807, 2.05) is 6.92 Å². The Morgan fingerprint density at radius 3 is 2.30 bits per heavy atom. The third-order valence-electron chi connectivity index (χ3n) is 7.97. The predicted molar refractivity (Wildman–Crippen MR) is 126 cm³/mol. The Morgan fingerprint density at radius 1 is 0.784 bits per heavy atom. The molecule has 1 saturated carbocycles. The minimum absolute atomic E-state index is 0.0352. The van der Waals surface area contributed by atoms with Crippen molar-refractivity contribution in [1.82, 2.24) is 0 Å². The second-order valence-electron chi connectivity index (χ2n) is 10.7. The second kappa shape index (κ2) is 13.2. The Kier molecular flexibility index (Phi) is 10.6. The normalized spacial score (nSPS) is 49.6. The number of fused-ring (bicyclic) bond motifs is 1. The highest BCUT2D eigenvalue weighted by Crippen LogP contribution is 2.36. The molecule has 3 heterocycles. The molecular formula is C25H44O12. The highest BCUT2D eigenvalue weighted by atomic mass is 16.7. The Balaban J connectivity index is 1.51. The van der Waals surface area contributed by atoms with Gasteiger partial charge < -0.3 is 58.7 Å². The zero-order valence-electron chi connectivity index (χ0n) is 21.8. The molecule has 0 radical (unpaired) electrons. The van der Waals surface area contributed by atoms with Crippen LogP contribution in [0.15, 0.2) is 0 Å². The van der Waals surface area contributed by atoms with E-state index in [4.69, 9.17) is 33.2 Å². The summed E-state index contributed by atoms with van der Waals surface area (Å²) in [5.74, 6) is 0.0352. The van der Waals surface area contributed by atoms with Gasteiger partial charge in [0.2, 0.25) is 0 Å². The molecule has 0 aromatic heterocycles. The molecule has 0 bridgehead atoms. The van der Waals surface area contributed by atoms with Gasteiger partial charge in [-0.3, -0.25) is 0 Å². The number of hydrogen-bond acceptors (Lipinski definition) is 12. The maximum absolute atomic E-state index is 10.9. The van der Waals surface area contributed by atoms with Crippen molar-refractivity contribution in [3.05, 3.63) is 0 Å². The molecule has 6 unspecified atom stereocenters. The van der Waals surface area contributed by atoms with Gasteiger partial charge in [-0.05, 0) is 38.5 Å². The lowest BCUT2D eigenvalue weighted by Gasteiger charge is -2.48. The van der Waals surface area contributed by atoms with Crippen LogP contribution < -0.4 is 0 Å². The summed E-state index contributed by atoms with van der Waals surface area (Å²) in [6, 6.07) is 0. The van der Waals surface area contributed by atoms with Crippen LogP contribution in [0.1, 0.15) is 46.0 Å². The van der Waals surface area contributed by atoms with Gasteiger partial charge in [-0.2, -0.15) is 0 Å². The van der Waals surface area contributed by atoms with Crippen LogP contribution in [-0.2, 0) is 33.2 Å². The first-order valence-corrected chi connectivity index (χ1v) is 13.5. The maximum Gasteiger partial charge on any atom is 0.187 e. The molecule has 216 valence electrons. The van der Waals surface area contributed by atoms with Crippen LogP contribution in [0.25, 0.3) is 0 Å². The molecule has 3 aliphatic heterocycles. The van der Waals surface area contributed by atoms with E-state index in [9.17, 15) is 25.5 Å². The van der Waals surface area contributed by atoms with Crippen molar-refractivity contribution in [3.8, 4) is 0 Å². The van der Waals surface area contributed by atoms with Gasteiger partial charge >= 0.3 is 0 Å². The summed E-state index contributed by atoms with van der Waals surface area (Å²) in [4.78, 5) is 0. The number of aliphatic hydroxyl groups excluding tert-OH is 5. The summed E-state index contributed by atoms with van der Waals surface area (Å²) in [5, 5.41) is 51.6. The third-order valence-corrected chi connectivity index (χ3v) is 7.97. The molecule has 1 aliphatic carbocycles. The topological polar surface area (TPSA) is 166 Å². The van der Waals surface area contributed by atoms with E-state index >= 15 is 0 Å². The van der Waals surface area contributed by atoms with Gasteiger partial charge in [0.15, 0.2) is 12.6 Å². The highest BCUT2D eigenvalue weighted by molar-refractivity contribution is 4.95. The van der Waals surface area contributed by atoms with Crippen LogP contribution in [0.3, 0.4) is 0 Å². The third kappa shape index (κ3) is 6.64. The van der Waals surface area contributed by atoms with Gasteiger partial charge in [0.1, 0.15) is 42.7 Å². The maximum atomic E-state index is 10.9. The Hall–Kier alpha value is -0.480. The number of aliphatic hydroxyl groups is 5. The van der Waals surface area contributed by atoms with Crippen molar-refractivity contribution < 1.29 is 58.7 Å².